The van der Waals surface area contributed by atoms with E-state index in [1.165, 1.54) is 103 Å². The van der Waals surface area contributed by atoms with Gasteiger partial charge in [-0.3, -0.25) is 4.70 Å². The molecule has 0 bridgehead atoms. The van der Waals surface area contributed by atoms with Crippen LogP contribution in [0.2, 0.25) is 6.04 Å². The van der Waals surface area contributed by atoms with Gasteiger partial charge in [-0.2, -0.15) is 0 Å². The van der Waals surface area contributed by atoms with Crippen molar-refractivity contribution in [2.24, 2.45) is 5.73 Å². The highest BCUT2D eigenvalue weighted by atomic mass is 28.4. The molecular weight excluding hydrogens is 433 g/mol. The van der Waals surface area contributed by atoms with E-state index in [9.17, 15) is 0 Å². The van der Waals surface area contributed by atoms with Gasteiger partial charge in [-0.1, -0.05) is 117 Å². The molecule has 0 aliphatic heterocycles. The minimum absolute atomic E-state index is 0. The lowest BCUT2D eigenvalue weighted by molar-refractivity contribution is 0.121. The third-order valence-corrected chi connectivity index (χ3v) is 9.98. The molecule has 0 amide bonds. The Morgan fingerprint density at radius 1 is 0.515 bits per heavy atom. The van der Waals surface area contributed by atoms with Gasteiger partial charge >= 0.3 is 8.80 Å². The zero-order valence-corrected chi connectivity index (χ0v) is 24.1. The number of halogens is 1. The second-order valence-electron chi connectivity index (χ2n) is 9.96. The van der Waals surface area contributed by atoms with E-state index in [1.54, 1.807) is 21.3 Å². The molecule has 0 saturated heterocycles. The molecule has 0 aromatic rings. The molecule has 0 aromatic heterocycles. The maximum absolute atomic E-state index is 7.01. The minimum atomic E-state index is -2.49. The summed E-state index contributed by atoms with van der Waals surface area (Å²) in [7, 11) is 2.62. The van der Waals surface area contributed by atoms with Crippen molar-refractivity contribution in [1.29, 1.82) is 0 Å². The fraction of sp³-hybridized carbons (Fsp3) is 1.00. The van der Waals surface area contributed by atoms with E-state index in [2.05, 4.69) is 13.8 Å². The normalized spacial score (nSPS) is 12.2. The Kier molecular flexibility index (Phi) is 25.3. The first-order valence-corrected chi connectivity index (χ1v) is 15.9. The molecule has 0 aliphatic rings. The van der Waals surface area contributed by atoms with Crippen LogP contribution in [-0.2, 0) is 13.3 Å². The maximum Gasteiger partial charge on any atom is 0.500 e. The third kappa shape index (κ3) is 18.9. The summed E-state index contributed by atoms with van der Waals surface area (Å²) >= 11 is 0. The van der Waals surface area contributed by atoms with Crippen LogP contribution in [0.1, 0.15) is 142 Å². The van der Waals surface area contributed by atoms with E-state index in [-0.39, 0.29) is 10.2 Å². The molecule has 6 heteroatoms. The summed E-state index contributed by atoms with van der Waals surface area (Å²) in [6.07, 6.45) is 26.1. The number of nitrogens with two attached hydrogens (primary N) is 1. The highest BCUT2D eigenvalue weighted by Crippen LogP contribution is 2.28. The lowest BCUT2D eigenvalue weighted by Gasteiger charge is -2.32. The second-order valence-corrected chi connectivity index (χ2v) is 13.1. The van der Waals surface area contributed by atoms with Gasteiger partial charge < -0.3 is 19.0 Å². The summed E-state index contributed by atoms with van der Waals surface area (Å²) in [6, 6.07) is 0.851. The number of hydrogen-bond donors (Lipinski definition) is 1. The summed E-state index contributed by atoms with van der Waals surface area (Å²) in [5, 5.41) is 0. The summed E-state index contributed by atoms with van der Waals surface area (Å²) in [5.74, 6) is 0. The predicted octanol–water partition coefficient (Wildman–Crippen LogP) is 8.56. The molecule has 0 atom stereocenters. The summed E-state index contributed by atoms with van der Waals surface area (Å²) in [5.41, 5.74) is 6.96. The van der Waals surface area contributed by atoms with E-state index < -0.39 is 8.80 Å². The lowest BCUT2D eigenvalue weighted by Crippen LogP contribution is -2.44. The second kappa shape index (κ2) is 23.7. The van der Waals surface area contributed by atoms with Crippen molar-refractivity contribution in [3.63, 3.8) is 0 Å². The molecule has 0 fully saturated rings. The fourth-order valence-corrected chi connectivity index (χ4v) is 6.53. The van der Waals surface area contributed by atoms with Crippen molar-refractivity contribution in [3.05, 3.63) is 0 Å². The van der Waals surface area contributed by atoms with Crippen LogP contribution in [0.4, 0.5) is 4.70 Å². The molecule has 4 nitrogen and oxygen atoms in total. The SMILES string of the molecule is CCCCCCCCCCC(N)(CCCCCCCCCC)CCC[Si](OC)(OC)OC.F. The highest BCUT2D eigenvalue weighted by Gasteiger charge is 2.38. The van der Waals surface area contributed by atoms with Gasteiger partial charge in [0.2, 0.25) is 0 Å². The van der Waals surface area contributed by atoms with Crippen molar-refractivity contribution >= 4 is 8.80 Å². The first kappa shape index (κ1) is 35.2. The van der Waals surface area contributed by atoms with Crippen molar-refractivity contribution in [3.8, 4) is 0 Å². The number of hydrogen-bond acceptors (Lipinski definition) is 4. The molecule has 0 aromatic carbocycles. The van der Waals surface area contributed by atoms with E-state index in [1.807, 2.05) is 0 Å². The molecular formula is C27H60FNO3Si. The Morgan fingerprint density at radius 2 is 0.818 bits per heavy atom. The average Bonchev–Trinajstić information content (AvgIpc) is 2.81. The van der Waals surface area contributed by atoms with Crippen molar-refractivity contribution in [1.82, 2.24) is 0 Å². The molecule has 0 aliphatic carbocycles. The Labute approximate surface area is 207 Å². The maximum atomic E-state index is 7.01. The zero-order valence-electron chi connectivity index (χ0n) is 23.1. The predicted molar refractivity (Wildman–Crippen MR) is 145 cm³/mol. The van der Waals surface area contributed by atoms with Crippen LogP contribution in [0, 0.1) is 0 Å². The highest BCUT2D eigenvalue weighted by molar-refractivity contribution is 6.60. The van der Waals surface area contributed by atoms with Crippen molar-refractivity contribution in [2.75, 3.05) is 21.3 Å². The van der Waals surface area contributed by atoms with Crippen molar-refractivity contribution < 1.29 is 18.0 Å². The van der Waals surface area contributed by atoms with Gasteiger partial charge in [0.25, 0.3) is 0 Å². The first-order chi connectivity index (χ1) is 15.5. The average molecular weight is 494 g/mol. The van der Waals surface area contributed by atoms with Crippen LogP contribution in [0.15, 0.2) is 0 Å². The summed E-state index contributed by atoms with van der Waals surface area (Å²) < 4.78 is 16.8. The monoisotopic (exact) mass is 493 g/mol. The Morgan fingerprint density at radius 3 is 1.15 bits per heavy atom. The smallest absolute Gasteiger partial charge is 0.377 e. The first-order valence-electron chi connectivity index (χ1n) is 14.0. The molecule has 0 radical (unpaired) electrons. The largest absolute Gasteiger partial charge is 0.500 e. The van der Waals surface area contributed by atoms with Gasteiger partial charge in [0.05, 0.1) is 0 Å². The Bertz CT molecular complexity index is 369. The Balaban J connectivity index is 0. The van der Waals surface area contributed by atoms with Crippen LogP contribution < -0.4 is 5.73 Å². The third-order valence-electron chi connectivity index (χ3n) is 7.15. The quantitative estimate of drug-likeness (QED) is 0.102. The van der Waals surface area contributed by atoms with Crippen LogP contribution in [0.25, 0.3) is 0 Å². The van der Waals surface area contributed by atoms with E-state index in [0.29, 0.717) is 0 Å². The number of unbranched alkanes of at least 4 members (excludes halogenated alkanes) is 14. The van der Waals surface area contributed by atoms with Crippen LogP contribution in [0.5, 0.6) is 0 Å². The molecule has 202 valence electrons. The molecule has 0 heterocycles. The van der Waals surface area contributed by atoms with E-state index >= 15 is 0 Å². The van der Waals surface area contributed by atoms with Gasteiger partial charge in [-0.25, -0.2) is 0 Å². The van der Waals surface area contributed by atoms with E-state index in [0.717, 1.165) is 31.7 Å². The van der Waals surface area contributed by atoms with Gasteiger partial charge in [-0.15, -0.1) is 0 Å². The van der Waals surface area contributed by atoms with E-state index in [4.69, 9.17) is 19.0 Å². The minimum Gasteiger partial charge on any atom is -0.377 e. The molecule has 0 spiro atoms. The lowest BCUT2D eigenvalue weighted by atomic mass is 9.83. The standard InChI is InChI=1S/C27H59NO3Si.FH/c1-6-8-10-12-14-16-18-20-23-27(28,24-21-19-17-15-13-11-9-7-2)25-22-26-32(29-3,30-4)31-5;/h6-26,28H2,1-5H3;1H. The topological polar surface area (TPSA) is 53.7 Å². The van der Waals surface area contributed by atoms with Crippen LogP contribution in [-0.4, -0.2) is 35.7 Å². The van der Waals surface area contributed by atoms with Gasteiger partial charge in [0.1, 0.15) is 0 Å². The van der Waals surface area contributed by atoms with Crippen molar-refractivity contribution in [2.45, 2.75) is 154 Å². The molecule has 0 rings (SSSR count). The molecule has 0 unspecified atom stereocenters. The molecule has 2 N–H and O–H groups in total. The van der Waals surface area contributed by atoms with Crippen LogP contribution in [0.3, 0.4) is 0 Å². The Hall–Kier alpha value is -0.0131. The molecule has 0 saturated carbocycles. The summed E-state index contributed by atoms with van der Waals surface area (Å²) in [6.45, 7) is 4.57. The van der Waals surface area contributed by atoms with Gasteiger partial charge in [0.15, 0.2) is 0 Å². The zero-order chi connectivity index (χ0) is 24.0. The number of rotatable bonds is 25. The fourth-order valence-electron chi connectivity index (χ4n) is 4.81. The molecule has 33 heavy (non-hydrogen) atoms. The summed E-state index contributed by atoms with van der Waals surface area (Å²) in [4.78, 5) is 0. The van der Waals surface area contributed by atoms with Crippen LogP contribution >= 0.6 is 0 Å². The van der Waals surface area contributed by atoms with Gasteiger partial charge in [-0.05, 0) is 25.7 Å². The van der Waals surface area contributed by atoms with Gasteiger partial charge in [0, 0.05) is 32.9 Å².